The summed E-state index contributed by atoms with van der Waals surface area (Å²) in [5, 5.41) is 3.54. The molecule has 4 heteroatoms. The molecule has 0 amide bonds. The van der Waals surface area contributed by atoms with Crippen molar-refractivity contribution in [2.75, 3.05) is 12.8 Å². The highest BCUT2D eigenvalue weighted by molar-refractivity contribution is 5.77. The van der Waals surface area contributed by atoms with E-state index in [-0.39, 0.29) is 0 Å². The molecule has 0 saturated carbocycles. The first-order valence-electron chi connectivity index (χ1n) is 3.11. The Hall–Kier alpha value is -1.58. The third-order valence-electron chi connectivity index (χ3n) is 1.10. The maximum atomic E-state index is 5.49. The summed E-state index contributed by atoms with van der Waals surface area (Å²) >= 11 is 0. The SMILES string of the molecule is CON=Cc1cc(N)ccn1. The van der Waals surface area contributed by atoms with Crippen molar-refractivity contribution in [2.45, 2.75) is 0 Å². The van der Waals surface area contributed by atoms with E-state index in [0.29, 0.717) is 11.4 Å². The highest BCUT2D eigenvalue weighted by atomic mass is 16.6. The van der Waals surface area contributed by atoms with Gasteiger partial charge in [0.2, 0.25) is 0 Å². The van der Waals surface area contributed by atoms with Crippen molar-refractivity contribution in [2.24, 2.45) is 5.16 Å². The number of nitrogens with zero attached hydrogens (tertiary/aromatic N) is 2. The second-order valence-electron chi connectivity index (χ2n) is 1.93. The fraction of sp³-hybridized carbons (Fsp3) is 0.143. The summed E-state index contributed by atoms with van der Waals surface area (Å²) in [6, 6.07) is 3.42. The van der Waals surface area contributed by atoms with Gasteiger partial charge in [-0.3, -0.25) is 4.98 Å². The van der Waals surface area contributed by atoms with Gasteiger partial charge < -0.3 is 10.6 Å². The van der Waals surface area contributed by atoms with E-state index in [9.17, 15) is 0 Å². The molecule has 0 aromatic carbocycles. The molecule has 2 N–H and O–H groups in total. The first-order chi connectivity index (χ1) is 5.33. The fourth-order valence-electron chi connectivity index (χ4n) is 0.643. The zero-order valence-electron chi connectivity index (χ0n) is 6.19. The topological polar surface area (TPSA) is 60.5 Å². The van der Waals surface area contributed by atoms with Crippen LogP contribution in [-0.2, 0) is 4.84 Å². The van der Waals surface area contributed by atoms with Gasteiger partial charge in [0.05, 0.1) is 11.9 Å². The molecule has 0 aliphatic rings. The molecule has 0 spiro atoms. The van der Waals surface area contributed by atoms with Crippen molar-refractivity contribution >= 4 is 11.9 Å². The number of rotatable bonds is 2. The molecule has 0 aliphatic heterocycles. The third-order valence-corrected chi connectivity index (χ3v) is 1.10. The van der Waals surface area contributed by atoms with Crippen molar-refractivity contribution in [1.29, 1.82) is 0 Å². The van der Waals surface area contributed by atoms with Gasteiger partial charge in [-0.1, -0.05) is 5.16 Å². The largest absolute Gasteiger partial charge is 0.399 e. The smallest absolute Gasteiger partial charge is 0.106 e. The average molecular weight is 151 g/mol. The van der Waals surface area contributed by atoms with Crippen LogP contribution >= 0.6 is 0 Å². The molecule has 0 fully saturated rings. The van der Waals surface area contributed by atoms with Gasteiger partial charge >= 0.3 is 0 Å². The third kappa shape index (κ3) is 2.25. The Kier molecular flexibility index (Phi) is 2.43. The average Bonchev–Trinajstić information content (AvgIpc) is 2.01. The predicted molar refractivity (Wildman–Crippen MR) is 43.3 cm³/mol. The molecule has 4 nitrogen and oxygen atoms in total. The molecule has 1 aromatic rings. The quantitative estimate of drug-likeness (QED) is 0.498. The standard InChI is InChI=1S/C7H9N3O/c1-11-10-5-7-4-6(8)2-3-9-7/h2-5H,1H3,(H2,8,9). The van der Waals surface area contributed by atoms with Crippen LogP contribution in [0.3, 0.4) is 0 Å². The predicted octanol–water partition coefficient (Wildman–Crippen LogP) is 0.644. The Morgan fingerprint density at radius 1 is 1.73 bits per heavy atom. The molecule has 11 heavy (non-hydrogen) atoms. The van der Waals surface area contributed by atoms with E-state index in [0.717, 1.165) is 0 Å². The zero-order chi connectivity index (χ0) is 8.10. The van der Waals surface area contributed by atoms with Crippen molar-refractivity contribution < 1.29 is 4.84 Å². The number of anilines is 1. The summed E-state index contributed by atoms with van der Waals surface area (Å²) in [6.07, 6.45) is 3.11. The number of hydrogen-bond acceptors (Lipinski definition) is 4. The first-order valence-corrected chi connectivity index (χ1v) is 3.11. The van der Waals surface area contributed by atoms with Crippen LogP contribution < -0.4 is 5.73 Å². The Morgan fingerprint density at radius 2 is 2.55 bits per heavy atom. The summed E-state index contributed by atoms with van der Waals surface area (Å²) < 4.78 is 0. The Labute approximate surface area is 64.7 Å². The van der Waals surface area contributed by atoms with Crippen LogP contribution in [0.15, 0.2) is 23.5 Å². The van der Waals surface area contributed by atoms with E-state index in [1.165, 1.54) is 13.3 Å². The molecule has 1 aromatic heterocycles. The summed E-state index contributed by atoms with van der Waals surface area (Å²) in [6.45, 7) is 0. The molecule has 0 aliphatic carbocycles. The normalized spacial score (nSPS) is 10.3. The van der Waals surface area contributed by atoms with E-state index in [1.807, 2.05) is 0 Å². The van der Waals surface area contributed by atoms with Crippen LogP contribution in [0.1, 0.15) is 5.69 Å². The maximum Gasteiger partial charge on any atom is 0.106 e. The van der Waals surface area contributed by atoms with E-state index in [4.69, 9.17) is 5.73 Å². The van der Waals surface area contributed by atoms with Crippen LogP contribution in [0.2, 0.25) is 0 Å². The minimum Gasteiger partial charge on any atom is -0.399 e. The van der Waals surface area contributed by atoms with Gasteiger partial charge in [-0.25, -0.2) is 0 Å². The van der Waals surface area contributed by atoms with Crippen LogP contribution in [-0.4, -0.2) is 18.3 Å². The molecule has 0 saturated heterocycles. The molecule has 0 radical (unpaired) electrons. The molecular weight excluding hydrogens is 142 g/mol. The van der Waals surface area contributed by atoms with Gasteiger partial charge in [0.15, 0.2) is 0 Å². The number of oxime groups is 1. The highest BCUT2D eigenvalue weighted by Crippen LogP contribution is 1.99. The lowest BCUT2D eigenvalue weighted by Gasteiger charge is -1.92. The van der Waals surface area contributed by atoms with Gasteiger partial charge in [0, 0.05) is 11.9 Å². The number of hydrogen-bond donors (Lipinski definition) is 1. The van der Waals surface area contributed by atoms with E-state index in [2.05, 4.69) is 15.0 Å². The molecule has 58 valence electrons. The van der Waals surface area contributed by atoms with Gasteiger partial charge in [-0.15, -0.1) is 0 Å². The molecule has 0 atom stereocenters. The van der Waals surface area contributed by atoms with Gasteiger partial charge in [0.25, 0.3) is 0 Å². The second kappa shape index (κ2) is 3.55. The molecule has 0 unspecified atom stereocenters. The van der Waals surface area contributed by atoms with Crippen molar-refractivity contribution in [1.82, 2.24) is 4.98 Å². The summed E-state index contributed by atoms with van der Waals surface area (Å²) in [5.74, 6) is 0. The number of nitrogen functional groups attached to an aromatic ring is 1. The highest BCUT2D eigenvalue weighted by Gasteiger charge is 1.88. The summed E-state index contributed by atoms with van der Waals surface area (Å²) in [7, 11) is 1.47. The van der Waals surface area contributed by atoms with Crippen molar-refractivity contribution in [3.8, 4) is 0 Å². The second-order valence-corrected chi connectivity index (χ2v) is 1.93. The van der Waals surface area contributed by atoms with Gasteiger partial charge in [0.1, 0.15) is 7.11 Å². The Balaban J connectivity index is 2.79. The number of nitrogens with two attached hydrogens (primary N) is 1. The van der Waals surface area contributed by atoms with Crippen LogP contribution in [0, 0.1) is 0 Å². The van der Waals surface area contributed by atoms with Gasteiger partial charge in [-0.05, 0) is 12.1 Å². The summed E-state index contributed by atoms with van der Waals surface area (Å²) in [5.41, 5.74) is 6.84. The molecular formula is C7H9N3O. The fourth-order valence-corrected chi connectivity index (χ4v) is 0.643. The number of pyridine rings is 1. The number of aromatic nitrogens is 1. The maximum absolute atomic E-state index is 5.49. The Morgan fingerprint density at radius 3 is 3.18 bits per heavy atom. The van der Waals surface area contributed by atoms with Crippen molar-refractivity contribution in [3.05, 3.63) is 24.0 Å². The van der Waals surface area contributed by atoms with Crippen LogP contribution in [0.4, 0.5) is 5.69 Å². The zero-order valence-corrected chi connectivity index (χ0v) is 6.19. The van der Waals surface area contributed by atoms with Crippen LogP contribution in [0.5, 0.6) is 0 Å². The van der Waals surface area contributed by atoms with E-state index >= 15 is 0 Å². The lowest BCUT2D eigenvalue weighted by Crippen LogP contribution is -1.91. The molecule has 0 bridgehead atoms. The minimum absolute atomic E-state index is 0.664. The monoisotopic (exact) mass is 151 g/mol. The van der Waals surface area contributed by atoms with Crippen molar-refractivity contribution in [3.63, 3.8) is 0 Å². The first kappa shape index (κ1) is 7.53. The minimum atomic E-state index is 0.664. The van der Waals surface area contributed by atoms with Crippen LogP contribution in [0.25, 0.3) is 0 Å². The molecule has 1 rings (SSSR count). The lowest BCUT2D eigenvalue weighted by atomic mass is 10.3. The summed E-state index contributed by atoms with van der Waals surface area (Å²) in [4.78, 5) is 8.44. The Bertz CT molecular complexity index is 260. The lowest BCUT2D eigenvalue weighted by molar-refractivity contribution is 0.215. The van der Waals surface area contributed by atoms with E-state index in [1.54, 1.807) is 18.3 Å². The van der Waals surface area contributed by atoms with Gasteiger partial charge in [-0.2, -0.15) is 0 Å². The molecule has 1 heterocycles. The van der Waals surface area contributed by atoms with E-state index < -0.39 is 0 Å².